The number of hydrogen-bond acceptors (Lipinski definition) is 4. The fourth-order valence-electron chi connectivity index (χ4n) is 2.16. The molecule has 1 aromatic carbocycles. The number of aliphatic hydroxyl groups is 1. The monoisotopic (exact) mass is 268 g/mol. The van der Waals surface area contributed by atoms with Crippen molar-refractivity contribution in [2.24, 2.45) is 0 Å². The fraction of sp³-hybridized carbons (Fsp3) is 0.571. The maximum Gasteiger partial charge on any atom is 0.129 e. The zero-order valence-electron chi connectivity index (χ0n) is 10.9. The minimum atomic E-state index is -0.420. The van der Waals surface area contributed by atoms with Gasteiger partial charge in [-0.2, -0.15) is 11.8 Å². The van der Waals surface area contributed by atoms with Crippen LogP contribution in [0.3, 0.4) is 0 Å². The first-order valence-corrected chi connectivity index (χ1v) is 7.50. The normalized spacial score (nSPS) is 22.2. The lowest BCUT2D eigenvalue weighted by Crippen LogP contribution is -2.26. The van der Waals surface area contributed by atoms with E-state index in [2.05, 4.69) is 6.92 Å². The van der Waals surface area contributed by atoms with E-state index in [0.29, 0.717) is 6.42 Å². The molecule has 18 heavy (non-hydrogen) atoms. The summed E-state index contributed by atoms with van der Waals surface area (Å²) >= 11 is 1.91. The Hall–Kier alpha value is -0.870. The number of rotatable bonds is 5. The number of aliphatic hydroxyl groups excluding tert-OH is 1. The van der Waals surface area contributed by atoms with Crippen LogP contribution in [0.5, 0.6) is 11.5 Å². The highest BCUT2D eigenvalue weighted by Gasteiger charge is 2.26. The predicted octanol–water partition coefficient (Wildman–Crippen LogP) is 3.02. The number of hydrogen-bond donors (Lipinski definition) is 1. The first kappa shape index (κ1) is 13.6. The molecule has 2 unspecified atom stereocenters. The fourth-order valence-corrected chi connectivity index (χ4v) is 2.88. The van der Waals surface area contributed by atoms with Crippen LogP contribution in [0.15, 0.2) is 18.2 Å². The molecule has 4 heteroatoms. The van der Waals surface area contributed by atoms with Gasteiger partial charge in [-0.05, 0) is 30.1 Å². The summed E-state index contributed by atoms with van der Waals surface area (Å²) in [5.74, 6) is 3.73. The Kier molecular flexibility index (Phi) is 4.78. The Balaban J connectivity index is 2.06. The van der Waals surface area contributed by atoms with Crippen LogP contribution < -0.4 is 9.47 Å². The Morgan fingerprint density at radius 1 is 1.50 bits per heavy atom. The molecule has 2 rings (SSSR count). The van der Waals surface area contributed by atoms with Gasteiger partial charge in [0.2, 0.25) is 0 Å². The Morgan fingerprint density at radius 3 is 3.06 bits per heavy atom. The first-order chi connectivity index (χ1) is 8.74. The van der Waals surface area contributed by atoms with E-state index in [1.54, 1.807) is 7.11 Å². The van der Waals surface area contributed by atoms with Crippen molar-refractivity contribution in [3.63, 3.8) is 0 Å². The second kappa shape index (κ2) is 6.34. The second-order valence-electron chi connectivity index (χ2n) is 4.38. The molecule has 0 amide bonds. The summed E-state index contributed by atoms with van der Waals surface area (Å²) in [6.07, 6.45) is 1.35. The van der Waals surface area contributed by atoms with Gasteiger partial charge in [-0.25, -0.2) is 0 Å². The topological polar surface area (TPSA) is 38.7 Å². The molecule has 0 fully saturated rings. The molecule has 2 atom stereocenters. The molecule has 0 spiro atoms. The van der Waals surface area contributed by atoms with Crippen LogP contribution in [0.4, 0.5) is 0 Å². The Labute approximate surface area is 112 Å². The third-order valence-electron chi connectivity index (χ3n) is 3.15. The van der Waals surface area contributed by atoms with E-state index in [1.807, 2.05) is 30.0 Å². The smallest absolute Gasteiger partial charge is 0.129 e. The van der Waals surface area contributed by atoms with Crippen molar-refractivity contribution in [3.05, 3.63) is 23.8 Å². The van der Waals surface area contributed by atoms with Crippen molar-refractivity contribution in [3.8, 4) is 11.5 Å². The molecule has 0 saturated carbocycles. The van der Waals surface area contributed by atoms with Gasteiger partial charge in [0.1, 0.15) is 17.6 Å². The summed E-state index contributed by atoms with van der Waals surface area (Å²) < 4.78 is 11.1. The minimum Gasteiger partial charge on any atom is -0.497 e. The molecule has 0 aliphatic carbocycles. The Morgan fingerprint density at radius 2 is 2.33 bits per heavy atom. The van der Waals surface area contributed by atoms with Crippen molar-refractivity contribution in [1.82, 2.24) is 0 Å². The molecule has 1 N–H and O–H groups in total. The molecule has 100 valence electrons. The zero-order valence-corrected chi connectivity index (χ0v) is 11.7. The summed E-state index contributed by atoms with van der Waals surface area (Å²) in [6.45, 7) is 2.15. The van der Waals surface area contributed by atoms with Gasteiger partial charge in [0.25, 0.3) is 0 Å². The van der Waals surface area contributed by atoms with Crippen molar-refractivity contribution in [2.75, 3.05) is 18.6 Å². The first-order valence-electron chi connectivity index (χ1n) is 6.35. The molecule has 0 aromatic heterocycles. The van der Waals surface area contributed by atoms with Gasteiger partial charge in [-0.1, -0.05) is 6.92 Å². The molecule has 1 aromatic rings. The molecule has 0 radical (unpaired) electrons. The highest BCUT2D eigenvalue weighted by atomic mass is 32.2. The summed E-state index contributed by atoms with van der Waals surface area (Å²) in [5, 5.41) is 10.1. The quantitative estimate of drug-likeness (QED) is 0.833. The number of ether oxygens (including phenoxy) is 2. The lowest BCUT2D eigenvalue weighted by atomic mass is 9.98. The number of thioether (sulfide) groups is 1. The van der Waals surface area contributed by atoms with Crippen molar-refractivity contribution in [1.29, 1.82) is 0 Å². The largest absolute Gasteiger partial charge is 0.497 e. The van der Waals surface area contributed by atoms with Crippen LogP contribution in [0.2, 0.25) is 0 Å². The van der Waals surface area contributed by atoms with Crippen molar-refractivity contribution < 1.29 is 14.6 Å². The van der Waals surface area contributed by atoms with Gasteiger partial charge in [0.05, 0.1) is 13.2 Å². The van der Waals surface area contributed by atoms with Crippen LogP contribution in [-0.4, -0.2) is 29.8 Å². The lowest BCUT2D eigenvalue weighted by Gasteiger charge is -2.29. The van der Waals surface area contributed by atoms with E-state index in [4.69, 9.17) is 9.47 Å². The molecule has 1 aliphatic rings. The maximum absolute atomic E-state index is 10.1. The number of benzene rings is 1. The number of methoxy groups -OCH3 is 1. The third-order valence-corrected chi connectivity index (χ3v) is 4.08. The molecule has 3 nitrogen and oxygen atoms in total. The van der Waals surface area contributed by atoms with Gasteiger partial charge in [-0.15, -0.1) is 0 Å². The molecular weight excluding hydrogens is 248 g/mol. The van der Waals surface area contributed by atoms with Gasteiger partial charge in [-0.3, -0.25) is 0 Å². The summed E-state index contributed by atoms with van der Waals surface area (Å²) in [4.78, 5) is 0. The average Bonchev–Trinajstić information content (AvgIpc) is 2.38. The van der Waals surface area contributed by atoms with Crippen LogP contribution in [0, 0.1) is 0 Å². The van der Waals surface area contributed by atoms with Gasteiger partial charge in [0, 0.05) is 18.1 Å². The molecule has 0 bridgehead atoms. The van der Waals surface area contributed by atoms with Crippen LogP contribution in [0.25, 0.3) is 0 Å². The van der Waals surface area contributed by atoms with Crippen molar-refractivity contribution >= 4 is 11.8 Å². The lowest BCUT2D eigenvalue weighted by molar-refractivity contribution is 0.0646. The summed E-state index contributed by atoms with van der Waals surface area (Å²) in [6, 6.07) is 5.60. The van der Waals surface area contributed by atoms with Gasteiger partial charge < -0.3 is 14.6 Å². The SMILES string of the molecule is CCSCCC1CC(O)c2ccc(OC)cc2O1. The highest BCUT2D eigenvalue weighted by Crippen LogP contribution is 2.38. The van der Waals surface area contributed by atoms with E-state index in [0.717, 1.165) is 35.0 Å². The summed E-state index contributed by atoms with van der Waals surface area (Å²) in [5.41, 5.74) is 0.871. The van der Waals surface area contributed by atoms with Crippen LogP contribution >= 0.6 is 11.8 Å². The Bertz CT molecular complexity index is 395. The van der Waals surface area contributed by atoms with Gasteiger partial charge >= 0.3 is 0 Å². The zero-order chi connectivity index (χ0) is 13.0. The standard InChI is InChI=1S/C14H20O3S/c1-3-18-7-6-11-8-13(15)12-5-4-10(16-2)9-14(12)17-11/h4-5,9,11,13,15H,3,6-8H2,1-2H3. The van der Waals surface area contributed by atoms with Crippen LogP contribution in [0.1, 0.15) is 31.4 Å². The van der Waals surface area contributed by atoms with Crippen LogP contribution in [-0.2, 0) is 0 Å². The average molecular weight is 268 g/mol. The van der Waals surface area contributed by atoms with E-state index >= 15 is 0 Å². The molecule has 1 aliphatic heterocycles. The third kappa shape index (κ3) is 3.12. The highest BCUT2D eigenvalue weighted by molar-refractivity contribution is 7.99. The molecular formula is C14H20O3S. The predicted molar refractivity (Wildman–Crippen MR) is 74.6 cm³/mol. The maximum atomic E-state index is 10.1. The minimum absolute atomic E-state index is 0.110. The van der Waals surface area contributed by atoms with E-state index < -0.39 is 6.10 Å². The van der Waals surface area contributed by atoms with E-state index in [-0.39, 0.29) is 6.10 Å². The van der Waals surface area contributed by atoms with E-state index in [9.17, 15) is 5.11 Å². The number of fused-ring (bicyclic) bond motifs is 1. The van der Waals surface area contributed by atoms with Gasteiger partial charge in [0.15, 0.2) is 0 Å². The molecule has 1 heterocycles. The van der Waals surface area contributed by atoms with E-state index in [1.165, 1.54) is 0 Å². The molecule has 0 saturated heterocycles. The summed E-state index contributed by atoms with van der Waals surface area (Å²) in [7, 11) is 1.64. The second-order valence-corrected chi connectivity index (χ2v) is 5.77. The van der Waals surface area contributed by atoms with Crippen molar-refractivity contribution in [2.45, 2.75) is 32.0 Å².